The maximum Gasteiger partial charge on any atom is 0.227 e. The van der Waals surface area contributed by atoms with Crippen LogP contribution in [0.3, 0.4) is 0 Å². The average Bonchev–Trinajstić information content (AvgIpc) is 3.01. The third-order valence-electron chi connectivity index (χ3n) is 5.39. The summed E-state index contributed by atoms with van der Waals surface area (Å²) in [6, 6.07) is 9.99. The van der Waals surface area contributed by atoms with Crippen LogP contribution >= 0.6 is 0 Å². The third-order valence-corrected chi connectivity index (χ3v) is 5.39. The first-order valence-corrected chi connectivity index (χ1v) is 9.48. The van der Waals surface area contributed by atoms with E-state index in [9.17, 15) is 9.59 Å². The minimum Gasteiger partial charge on any atom is -0.342 e. The van der Waals surface area contributed by atoms with Crippen molar-refractivity contribution >= 4 is 11.8 Å². The maximum absolute atomic E-state index is 12.8. The van der Waals surface area contributed by atoms with E-state index in [1.165, 1.54) is 0 Å². The highest BCUT2D eigenvalue weighted by atomic mass is 16.2. The first kappa shape index (κ1) is 17.9. The highest BCUT2D eigenvalue weighted by Crippen LogP contribution is 2.25. The van der Waals surface area contributed by atoms with Crippen molar-refractivity contribution in [2.45, 2.75) is 32.7 Å². The van der Waals surface area contributed by atoms with Gasteiger partial charge in [-0.1, -0.05) is 37.3 Å². The third kappa shape index (κ3) is 4.60. The number of hydrogen-bond acceptors (Lipinski definition) is 3. The fourth-order valence-electron chi connectivity index (χ4n) is 3.86. The van der Waals surface area contributed by atoms with Crippen LogP contribution in [0.5, 0.6) is 0 Å². The summed E-state index contributed by atoms with van der Waals surface area (Å²) in [5.74, 6) is 0.778. The Bertz CT molecular complexity index is 582. The van der Waals surface area contributed by atoms with Crippen molar-refractivity contribution < 1.29 is 9.59 Å². The topological polar surface area (TPSA) is 52.7 Å². The Hall–Kier alpha value is -1.88. The molecule has 0 aliphatic carbocycles. The Balaban J connectivity index is 1.49. The van der Waals surface area contributed by atoms with Crippen LogP contribution in [0.25, 0.3) is 0 Å². The maximum atomic E-state index is 12.8. The minimum absolute atomic E-state index is 0.101. The lowest BCUT2D eigenvalue weighted by Gasteiger charge is -2.33. The highest BCUT2D eigenvalue weighted by molar-refractivity contribution is 5.89. The van der Waals surface area contributed by atoms with E-state index in [2.05, 4.69) is 12.2 Å². The van der Waals surface area contributed by atoms with Crippen LogP contribution in [-0.4, -0.2) is 54.3 Å². The molecule has 1 aromatic rings. The molecule has 2 aliphatic heterocycles. The second-order valence-electron chi connectivity index (χ2n) is 7.24. The van der Waals surface area contributed by atoms with Crippen LogP contribution in [0.4, 0.5) is 0 Å². The van der Waals surface area contributed by atoms with E-state index in [1.54, 1.807) is 0 Å². The van der Waals surface area contributed by atoms with E-state index in [0.29, 0.717) is 25.4 Å². The van der Waals surface area contributed by atoms with Crippen molar-refractivity contribution in [2.75, 3.05) is 32.7 Å². The molecule has 2 fully saturated rings. The van der Waals surface area contributed by atoms with E-state index < -0.39 is 0 Å². The molecule has 2 heterocycles. The SMILES string of the molecule is CCNCC1CCN(C(=O)C2CC(=O)N(Cc3ccccc3)C2)CC1. The first-order chi connectivity index (χ1) is 12.2. The zero-order chi connectivity index (χ0) is 17.6. The molecule has 2 aliphatic rings. The van der Waals surface area contributed by atoms with Gasteiger partial charge >= 0.3 is 0 Å². The zero-order valence-electron chi connectivity index (χ0n) is 15.1. The highest BCUT2D eigenvalue weighted by Gasteiger charge is 2.37. The van der Waals surface area contributed by atoms with Crippen LogP contribution in [-0.2, 0) is 16.1 Å². The number of rotatable bonds is 6. The van der Waals surface area contributed by atoms with E-state index >= 15 is 0 Å². The van der Waals surface area contributed by atoms with E-state index in [4.69, 9.17) is 0 Å². The smallest absolute Gasteiger partial charge is 0.227 e. The van der Waals surface area contributed by atoms with Crippen LogP contribution in [0.2, 0.25) is 0 Å². The van der Waals surface area contributed by atoms with Crippen LogP contribution in [0.15, 0.2) is 30.3 Å². The number of benzene rings is 1. The number of amides is 2. The van der Waals surface area contributed by atoms with Crippen molar-refractivity contribution in [3.8, 4) is 0 Å². The summed E-state index contributed by atoms with van der Waals surface area (Å²) in [5.41, 5.74) is 1.12. The Morgan fingerprint density at radius 1 is 1.20 bits per heavy atom. The van der Waals surface area contributed by atoms with Crippen molar-refractivity contribution in [3.05, 3.63) is 35.9 Å². The molecule has 0 aromatic heterocycles. The Morgan fingerprint density at radius 3 is 2.60 bits per heavy atom. The molecule has 1 N–H and O–H groups in total. The summed E-state index contributed by atoms with van der Waals surface area (Å²) in [6.07, 6.45) is 2.49. The summed E-state index contributed by atoms with van der Waals surface area (Å²) < 4.78 is 0. The van der Waals surface area contributed by atoms with Crippen LogP contribution in [0.1, 0.15) is 31.7 Å². The number of carbonyl (C=O) groups is 2. The van der Waals surface area contributed by atoms with Crippen molar-refractivity contribution in [1.82, 2.24) is 15.1 Å². The number of nitrogens with zero attached hydrogens (tertiary/aromatic N) is 2. The van der Waals surface area contributed by atoms with E-state index in [1.807, 2.05) is 40.1 Å². The fourth-order valence-corrected chi connectivity index (χ4v) is 3.86. The molecule has 5 nitrogen and oxygen atoms in total. The lowest BCUT2D eigenvalue weighted by molar-refractivity contribution is -0.137. The normalized spacial score (nSPS) is 21.8. The molecule has 2 amide bonds. The Labute approximate surface area is 150 Å². The second kappa shape index (κ2) is 8.48. The molecule has 0 bridgehead atoms. The second-order valence-corrected chi connectivity index (χ2v) is 7.24. The Morgan fingerprint density at radius 2 is 1.92 bits per heavy atom. The molecule has 1 unspecified atom stereocenters. The van der Waals surface area contributed by atoms with E-state index in [-0.39, 0.29) is 17.7 Å². The number of nitrogens with one attached hydrogen (secondary N) is 1. The zero-order valence-corrected chi connectivity index (χ0v) is 15.1. The lowest BCUT2D eigenvalue weighted by atomic mass is 9.95. The largest absolute Gasteiger partial charge is 0.342 e. The molecular weight excluding hydrogens is 314 g/mol. The molecule has 25 heavy (non-hydrogen) atoms. The van der Waals surface area contributed by atoms with Crippen molar-refractivity contribution in [3.63, 3.8) is 0 Å². The van der Waals surface area contributed by atoms with Crippen LogP contribution in [0, 0.1) is 11.8 Å². The van der Waals surface area contributed by atoms with E-state index in [0.717, 1.165) is 44.6 Å². The molecule has 1 atom stereocenters. The van der Waals surface area contributed by atoms with Gasteiger partial charge in [-0.05, 0) is 37.4 Å². The molecular formula is C20H29N3O2. The van der Waals surface area contributed by atoms with Crippen molar-refractivity contribution in [1.29, 1.82) is 0 Å². The van der Waals surface area contributed by atoms with Gasteiger partial charge in [0.25, 0.3) is 0 Å². The molecule has 0 saturated carbocycles. The summed E-state index contributed by atoms with van der Waals surface area (Å²) >= 11 is 0. The standard InChI is InChI=1S/C20H29N3O2/c1-2-21-13-16-8-10-22(11-9-16)20(25)18-12-19(24)23(15-18)14-17-6-4-3-5-7-17/h3-7,16,18,21H,2,8-15H2,1H3. The summed E-state index contributed by atoms with van der Waals surface area (Å²) in [5, 5.41) is 3.40. The predicted molar refractivity (Wildman–Crippen MR) is 97.8 cm³/mol. The summed E-state index contributed by atoms with van der Waals surface area (Å²) in [7, 11) is 0. The van der Waals surface area contributed by atoms with Gasteiger partial charge < -0.3 is 15.1 Å². The number of piperidine rings is 1. The molecule has 1 aromatic carbocycles. The minimum atomic E-state index is -0.165. The van der Waals surface area contributed by atoms with Gasteiger partial charge in [0, 0.05) is 32.6 Å². The first-order valence-electron chi connectivity index (χ1n) is 9.48. The molecule has 2 saturated heterocycles. The van der Waals surface area contributed by atoms with Gasteiger partial charge in [-0.15, -0.1) is 0 Å². The Kier molecular flexibility index (Phi) is 6.08. The number of hydrogen-bond donors (Lipinski definition) is 1. The molecule has 3 rings (SSSR count). The molecule has 0 spiro atoms. The predicted octanol–water partition coefficient (Wildman–Crippen LogP) is 1.88. The van der Waals surface area contributed by atoms with Gasteiger partial charge in [0.05, 0.1) is 5.92 Å². The molecule has 0 radical (unpaired) electrons. The fraction of sp³-hybridized carbons (Fsp3) is 0.600. The van der Waals surface area contributed by atoms with Gasteiger partial charge in [-0.25, -0.2) is 0 Å². The van der Waals surface area contributed by atoms with Gasteiger partial charge in [0.1, 0.15) is 0 Å². The summed E-state index contributed by atoms with van der Waals surface area (Å²) in [4.78, 5) is 28.9. The molecule has 136 valence electrons. The quantitative estimate of drug-likeness (QED) is 0.858. The van der Waals surface area contributed by atoms with Crippen LogP contribution < -0.4 is 5.32 Å². The average molecular weight is 343 g/mol. The lowest BCUT2D eigenvalue weighted by Crippen LogP contribution is -2.44. The van der Waals surface area contributed by atoms with Gasteiger partial charge in [0.15, 0.2) is 0 Å². The van der Waals surface area contributed by atoms with Gasteiger partial charge in [0.2, 0.25) is 11.8 Å². The van der Waals surface area contributed by atoms with Crippen molar-refractivity contribution in [2.24, 2.45) is 11.8 Å². The molecule has 5 heteroatoms. The summed E-state index contributed by atoms with van der Waals surface area (Å²) in [6.45, 7) is 7.00. The number of likely N-dealkylation sites (tertiary alicyclic amines) is 2. The van der Waals surface area contributed by atoms with Gasteiger partial charge in [-0.3, -0.25) is 9.59 Å². The number of carbonyl (C=O) groups excluding carboxylic acids is 2. The monoisotopic (exact) mass is 343 g/mol. The van der Waals surface area contributed by atoms with Gasteiger partial charge in [-0.2, -0.15) is 0 Å².